The van der Waals surface area contributed by atoms with E-state index in [1.807, 2.05) is 18.2 Å². The van der Waals surface area contributed by atoms with E-state index in [9.17, 15) is 0 Å². The number of likely N-dealkylation sites (tertiary alicyclic amines) is 1. The Labute approximate surface area is 155 Å². The predicted molar refractivity (Wildman–Crippen MR) is 102 cm³/mol. The molecule has 1 atom stereocenters. The molecule has 140 valence electrons. The standard InChI is InChI=1S/C20H28N4O2/c1-25-20-7-3-2-6-19(20)24-12-10-23(11-13-24)18-5-4-9-22(16-18)15-17-8-14-26-21-17/h2-3,6-8,14,18H,4-5,9-13,15-16H2,1H3/t18-/m0/s1. The highest BCUT2D eigenvalue weighted by atomic mass is 16.5. The Morgan fingerprint density at radius 2 is 1.96 bits per heavy atom. The molecule has 1 aromatic carbocycles. The summed E-state index contributed by atoms with van der Waals surface area (Å²) < 4.78 is 10.5. The summed E-state index contributed by atoms with van der Waals surface area (Å²) in [5.41, 5.74) is 2.25. The van der Waals surface area contributed by atoms with Crippen LogP contribution in [0.4, 0.5) is 5.69 Å². The van der Waals surface area contributed by atoms with Crippen molar-refractivity contribution in [3.05, 3.63) is 42.3 Å². The van der Waals surface area contributed by atoms with Gasteiger partial charge in [0, 0.05) is 51.4 Å². The van der Waals surface area contributed by atoms with Crippen LogP contribution in [0.5, 0.6) is 5.75 Å². The van der Waals surface area contributed by atoms with E-state index in [2.05, 4.69) is 32.0 Å². The second kappa shape index (κ2) is 8.10. The van der Waals surface area contributed by atoms with Crippen molar-refractivity contribution in [2.45, 2.75) is 25.4 Å². The molecule has 0 aliphatic carbocycles. The third-order valence-electron chi connectivity index (χ3n) is 5.61. The highest BCUT2D eigenvalue weighted by molar-refractivity contribution is 5.58. The summed E-state index contributed by atoms with van der Waals surface area (Å²) in [6.07, 6.45) is 4.22. The van der Waals surface area contributed by atoms with Gasteiger partial charge in [-0.1, -0.05) is 17.3 Å². The average Bonchev–Trinajstić information content (AvgIpc) is 3.21. The van der Waals surface area contributed by atoms with Crippen LogP contribution in [0.25, 0.3) is 0 Å². The van der Waals surface area contributed by atoms with Crippen LogP contribution in [0.15, 0.2) is 41.1 Å². The Bertz CT molecular complexity index is 683. The topological polar surface area (TPSA) is 45.0 Å². The minimum absolute atomic E-state index is 0.649. The maximum atomic E-state index is 5.53. The first kappa shape index (κ1) is 17.4. The van der Waals surface area contributed by atoms with Crippen molar-refractivity contribution in [2.75, 3.05) is 51.3 Å². The molecule has 26 heavy (non-hydrogen) atoms. The van der Waals surface area contributed by atoms with Gasteiger partial charge in [-0.25, -0.2) is 0 Å². The van der Waals surface area contributed by atoms with Crippen molar-refractivity contribution in [1.82, 2.24) is 15.0 Å². The second-order valence-electron chi connectivity index (χ2n) is 7.22. The number of hydrogen-bond donors (Lipinski definition) is 0. The lowest BCUT2D eigenvalue weighted by atomic mass is 10.0. The monoisotopic (exact) mass is 356 g/mol. The fraction of sp³-hybridized carbons (Fsp3) is 0.550. The predicted octanol–water partition coefficient (Wildman–Crippen LogP) is 2.47. The molecule has 4 rings (SSSR count). The zero-order chi connectivity index (χ0) is 17.8. The van der Waals surface area contributed by atoms with E-state index in [0.29, 0.717) is 6.04 Å². The zero-order valence-electron chi connectivity index (χ0n) is 15.5. The number of nitrogens with zero attached hydrogens (tertiary/aromatic N) is 4. The Morgan fingerprint density at radius 3 is 2.73 bits per heavy atom. The molecule has 3 heterocycles. The molecule has 2 aliphatic rings. The lowest BCUT2D eigenvalue weighted by Gasteiger charge is -2.44. The van der Waals surface area contributed by atoms with E-state index in [1.165, 1.54) is 18.5 Å². The molecule has 2 aromatic rings. The van der Waals surface area contributed by atoms with Crippen LogP contribution >= 0.6 is 0 Å². The highest BCUT2D eigenvalue weighted by Gasteiger charge is 2.29. The summed E-state index contributed by atoms with van der Waals surface area (Å²) in [5, 5.41) is 4.06. The summed E-state index contributed by atoms with van der Waals surface area (Å²) in [5.74, 6) is 0.970. The maximum Gasteiger partial charge on any atom is 0.142 e. The third-order valence-corrected chi connectivity index (χ3v) is 5.61. The van der Waals surface area contributed by atoms with E-state index in [1.54, 1.807) is 13.4 Å². The number of benzene rings is 1. The van der Waals surface area contributed by atoms with E-state index >= 15 is 0 Å². The van der Waals surface area contributed by atoms with Gasteiger partial charge in [0.1, 0.15) is 12.0 Å². The number of para-hydroxylation sites is 2. The van der Waals surface area contributed by atoms with Gasteiger partial charge in [-0.2, -0.15) is 0 Å². The largest absolute Gasteiger partial charge is 0.495 e. The van der Waals surface area contributed by atoms with Crippen LogP contribution in [0.1, 0.15) is 18.5 Å². The van der Waals surface area contributed by atoms with Crippen LogP contribution in [-0.2, 0) is 6.54 Å². The van der Waals surface area contributed by atoms with Crippen molar-refractivity contribution >= 4 is 5.69 Å². The molecule has 2 saturated heterocycles. The maximum absolute atomic E-state index is 5.53. The molecule has 0 N–H and O–H groups in total. The Kier molecular flexibility index (Phi) is 5.41. The smallest absolute Gasteiger partial charge is 0.142 e. The number of piperazine rings is 1. The second-order valence-corrected chi connectivity index (χ2v) is 7.22. The summed E-state index contributed by atoms with van der Waals surface area (Å²) >= 11 is 0. The van der Waals surface area contributed by atoms with Gasteiger partial charge < -0.3 is 14.2 Å². The quantitative estimate of drug-likeness (QED) is 0.820. The molecule has 0 spiro atoms. The minimum Gasteiger partial charge on any atom is -0.495 e. The van der Waals surface area contributed by atoms with Crippen molar-refractivity contribution in [3.63, 3.8) is 0 Å². The number of ether oxygens (including phenoxy) is 1. The normalized spacial score (nSPS) is 22.5. The first-order chi connectivity index (χ1) is 12.8. The minimum atomic E-state index is 0.649. The lowest BCUT2D eigenvalue weighted by Crippen LogP contribution is -2.55. The van der Waals surface area contributed by atoms with Gasteiger partial charge >= 0.3 is 0 Å². The van der Waals surface area contributed by atoms with Crippen molar-refractivity contribution in [1.29, 1.82) is 0 Å². The Hall–Kier alpha value is -2.05. The SMILES string of the molecule is COc1ccccc1N1CCN([C@H]2CCCN(Cc3ccon3)C2)CC1. The molecule has 6 heteroatoms. The molecule has 1 aromatic heterocycles. The summed E-state index contributed by atoms with van der Waals surface area (Å²) in [6, 6.07) is 10.9. The van der Waals surface area contributed by atoms with E-state index in [4.69, 9.17) is 9.26 Å². The first-order valence-corrected chi connectivity index (χ1v) is 9.57. The lowest BCUT2D eigenvalue weighted by molar-refractivity contribution is 0.0874. The van der Waals surface area contributed by atoms with Gasteiger partial charge in [0.2, 0.25) is 0 Å². The summed E-state index contributed by atoms with van der Waals surface area (Å²) in [4.78, 5) is 7.63. The molecule has 2 fully saturated rings. The number of hydrogen-bond acceptors (Lipinski definition) is 6. The third kappa shape index (κ3) is 3.86. The summed E-state index contributed by atoms with van der Waals surface area (Å²) in [7, 11) is 1.75. The Morgan fingerprint density at radius 1 is 1.12 bits per heavy atom. The van der Waals surface area contributed by atoms with Gasteiger partial charge in [0.15, 0.2) is 0 Å². The molecule has 0 unspecified atom stereocenters. The fourth-order valence-corrected chi connectivity index (χ4v) is 4.24. The molecular formula is C20H28N4O2. The van der Waals surface area contributed by atoms with Crippen molar-refractivity contribution < 1.29 is 9.26 Å². The van der Waals surface area contributed by atoms with Crippen LogP contribution in [0, 0.1) is 0 Å². The van der Waals surface area contributed by atoms with Gasteiger partial charge in [-0.15, -0.1) is 0 Å². The van der Waals surface area contributed by atoms with Gasteiger partial charge in [0.05, 0.1) is 18.5 Å². The van der Waals surface area contributed by atoms with E-state index in [-0.39, 0.29) is 0 Å². The molecule has 0 radical (unpaired) electrons. The average molecular weight is 356 g/mol. The van der Waals surface area contributed by atoms with E-state index < -0.39 is 0 Å². The van der Waals surface area contributed by atoms with Gasteiger partial charge in [0.25, 0.3) is 0 Å². The number of anilines is 1. The van der Waals surface area contributed by atoms with Crippen LogP contribution < -0.4 is 9.64 Å². The van der Waals surface area contributed by atoms with Gasteiger partial charge in [-0.05, 0) is 31.5 Å². The number of rotatable bonds is 5. The van der Waals surface area contributed by atoms with E-state index in [0.717, 1.165) is 57.3 Å². The number of piperidine rings is 1. The Balaban J connectivity index is 1.32. The van der Waals surface area contributed by atoms with Gasteiger partial charge in [-0.3, -0.25) is 9.80 Å². The van der Waals surface area contributed by atoms with Crippen LogP contribution in [0.3, 0.4) is 0 Å². The highest BCUT2D eigenvalue weighted by Crippen LogP contribution is 2.29. The fourth-order valence-electron chi connectivity index (χ4n) is 4.24. The zero-order valence-corrected chi connectivity index (χ0v) is 15.5. The molecule has 2 aliphatic heterocycles. The molecule has 0 bridgehead atoms. The molecular weight excluding hydrogens is 328 g/mol. The first-order valence-electron chi connectivity index (χ1n) is 9.57. The van der Waals surface area contributed by atoms with Crippen LogP contribution in [0.2, 0.25) is 0 Å². The molecule has 0 saturated carbocycles. The van der Waals surface area contributed by atoms with Crippen molar-refractivity contribution in [3.8, 4) is 5.75 Å². The number of aromatic nitrogens is 1. The molecule has 6 nitrogen and oxygen atoms in total. The van der Waals surface area contributed by atoms with Crippen molar-refractivity contribution in [2.24, 2.45) is 0 Å². The van der Waals surface area contributed by atoms with Crippen LogP contribution in [-0.4, -0.2) is 67.4 Å². The number of methoxy groups -OCH3 is 1. The summed E-state index contributed by atoms with van der Waals surface area (Å²) in [6.45, 7) is 7.52. The molecule has 0 amide bonds.